The van der Waals surface area contributed by atoms with E-state index in [1.165, 1.54) is 32.0 Å². The minimum Gasteiger partial charge on any atom is -0.481 e. The van der Waals surface area contributed by atoms with E-state index in [0.29, 0.717) is 5.56 Å². The fourth-order valence-electron chi connectivity index (χ4n) is 4.53. The smallest absolute Gasteiger partial charge is 0.334 e. The molecule has 0 radical (unpaired) electrons. The van der Waals surface area contributed by atoms with Crippen molar-refractivity contribution in [2.24, 2.45) is 0 Å². The van der Waals surface area contributed by atoms with Gasteiger partial charge in [0.15, 0.2) is 0 Å². The Morgan fingerprint density at radius 2 is 1.86 bits per heavy atom. The number of hydrogen-bond donors (Lipinski definition) is 2. The molecule has 12 heteroatoms. The van der Waals surface area contributed by atoms with Crippen LogP contribution in [0.1, 0.15) is 17.5 Å². The molecule has 2 aromatic carbocycles. The van der Waals surface area contributed by atoms with Crippen LogP contribution in [-0.2, 0) is 27.5 Å². The summed E-state index contributed by atoms with van der Waals surface area (Å²) in [5.41, 5.74) is 1.49. The van der Waals surface area contributed by atoms with E-state index in [4.69, 9.17) is 0 Å². The lowest BCUT2D eigenvalue weighted by Gasteiger charge is -2.54. The quantitative estimate of drug-likeness (QED) is 0.557. The number of fused-ring (bicyclic) bond motifs is 1. The van der Waals surface area contributed by atoms with Gasteiger partial charge in [-0.1, -0.05) is 40.2 Å². The van der Waals surface area contributed by atoms with Gasteiger partial charge in [-0.05, 0) is 35.4 Å². The first-order valence-electron chi connectivity index (χ1n) is 11.2. The van der Waals surface area contributed by atoms with Crippen LogP contribution >= 0.6 is 15.9 Å². The van der Waals surface area contributed by atoms with Crippen LogP contribution in [0.3, 0.4) is 0 Å². The van der Waals surface area contributed by atoms with Crippen molar-refractivity contribution in [2.45, 2.75) is 31.7 Å². The molecule has 0 aliphatic carbocycles. The van der Waals surface area contributed by atoms with Gasteiger partial charge in [0.2, 0.25) is 11.8 Å². The highest BCUT2D eigenvalue weighted by Gasteiger charge is 2.51. The summed E-state index contributed by atoms with van der Waals surface area (Å²) in [6, 6.07) is 11.2. The van der Waals surface area contributed by atoms with Gasteiger partial charge in [0, 0.05) is 24.6 Å². The summed E-state index contributed by atoms with van der Waals surface area (Å²) in [7, 11) is 1.58. The lowest BCUT2D eigenvalue weighted by atomic mass is 10.0. The first-order valence-corrected chi connectivity index (χ1v) is 12.0. The topological polar surface area (TPSA) is 114 Å². The molecule has 2 saturated heterocycles. The van der Waals surface area contributed by atoms with E-state index in [2.05, 4.69) is 21.2 Å². The average molecular weight is 562 g/mol. The molecule has 0 unspecified atom stereocenters. The molecule has 2 heterocycles. The number of carbonyl (C=O) groups excluding carboxylic acids is 3. The second kappa shape index (κ2) is 10.6. The second-order valence-corrected chi connectivity index (χ2v) is 9.61. The summed E-state index contributed by atoms with van der Waals surface area (Å²) < 4.78 is 14.0. The number of carbonyl (C=O) groups is 4. The number of benzene rings is 2. The highest BCUT2D eigenvalue weighted by molar-refractivity contribution is 9.10. The average Bonchev–Trinajstić information content (AvgIpc) is 2.81. The monoisotopic (exact) mass is 561 g/mol. The van der Waals surface area contributed by atoms with Gasteiger partial charge in [0.1, 0.15) is 18.0 Å². The van der Waals surface area contributed by atoms with Crippen LogP contribution in [0.5, 0.6) is 0 Å². The number of carboxylic acid groups (broad SMARTS) is 1. The van der Waals surface area contributed by atoms with Gasteiger partial charge in [0.25, 0.3) is 0 Å². The zero-order valence-electron chi connectivity index (χ0n) is 19.4. The maximum absolute atomic E-state index is 13.3. The van der Waals surface area contributed by atoms with Crippen molar-refractivity contribution in [3.05, 3.63) is 69.9 Å². The highest BCUT2D eigenvalue weighted by atomic mass is 79.9. The second-order valence-electron chi connectivity index (χ2n) is 8.69. The Bertz CT molecular complexity index is 1180. The van der Waals surface area contributed by atoms with Crippen molar-refractivity contribution < 1.29 is 28.7 Å². The van der Waals surface area contributed by atoms with Crippen molar-refractivity contribution in [3.63, 3.8) is 0 Å². The molecule has 0 spiro atoms. The Hall–Kier alpha value is -3.51. The number of aliphatic carboxylic acids is 1. The molecule has 0 aromatic heterocycles. The Morgan fingerprint density at radius 1 is 1.14 bits per heavy atom. The normalized spacial score (nSPS) is 20.4. The summed E-state index contributed by atoms with van der Waals surface area (Å²) in [6.45, 7) is 0.0993. The van der Waals surface area contributed by atoms with Crippen molar-refractivity contribution >= 4 is 39.7 Å². The minimum atomic E-state index is -1.25. The number of carboxylic acids is 1. The first-order chi connectivity index (χ1) is 17.1. The zero-order chi connectivity index (χ0) is 26.0. The van der Waals surface area contributed by atoms with Crippen molar-refractivity contribution in [3.8, 4) is 0 Å². The molecule has 2 aliphatic rings. The van der Waals surface area contributed by atoms with Crippen LogP contribution in [0.4, 0.5) is 9.18 Å². The van der Waals surface area contributed by atoms with E-state index in [1.807, 2.05) is 24.3 Å². The van der Waals surface area contributed by atoms with Crippen molar-refractivity contribution in [1.29, 1.82) is 0 Å². The van der Waals surface area contributed by atoms with Crippen LogP contribution in [0.25, 0.3) is 0 Å². The molecule has 0 saturated carbocycles. The molecule has 2 N–H and O–H groups in total. The van der Waals surface area contributed by atoms with Crippen molar-refractivity contribution in [1.82, 2.24) is 25.1 Å². The van der Waals surface area contributed by atoms with E-state index >= 15 is 0 Å². The number of urea groups is 1. The van der Waals surface area contributed by atoms with E-state index in [9.17, 15) is 28.7 Å². The Balaban J connectivity index is 1.61. The number of rotatable bonds is 6. The molecule has 4 amide bonds. The Morgan fingerprint density at radius 3 is 2.53 bits per heavy atom. The van der Waals surface area contributed by atoms with E-state index in [0.717, 1.165) is 10.0 Å². The number of nitrogens with one attached hydrogen (secondary N) is 1. The molecule has 2 aliphatic heterocycles. The fourth-order valence-corrected chi connectivity index (χ4v) is 4.98. The fraction of sp³-hybridized carbons (Fsp3) is 0.333. The summed E-state index contributed by atoms with van der Waals surface area (Å²) in [5, 5.41) is 15.0. The number of likely N-dealkylation sites (N-methyl/N-ethyl adjacent to an activating group) is 1. The molecule has 36 heavy (non-hydrogen) atoms. The molecule has 190 valence electrons. The number of hydrazine groups is 1. The molecule has 4 rings (SSSR count). The molecule has 2 fully saturated rings. The minimum absolute atomic E-state index is 0.00150. The lowest BCUT2D eigenvalue weighted by molar-refractivity contribution is -0.189. The third-order valence-electron chi connectivity index (χ3n) is 6.14. The Labute approximate surface area is 215 Å². The van der Waals surface area contributed by atoms with Crippen LogP contribution in [0.2, 0.25) is 0 Å². The maximum atomic E-state index is 13.3. The number of halogens is 2. The van der Waals surface area contributed by atoms with Gasteiger partial charge in [-0.2, -0.15) is 0 Å². The van der Waals surface area contributed by atoms with Gasteiger partial charge in [-0.3, -0.25) is 14.4 Å². The zero-order valence-corrected chi connectivity index (χ0v) is 21.0. The van der Waals surface area contributed by atoms with Crippen molar-refractivity contribution in [2.75, 3.05) is 20.1 Å². The van der Waals surface area contributed by atoms with E-state index in [1.54, 1.807) is 19.2 Å². The van der Waals surface area contributed by atoms with Crippen LogP contribution < -0.4 is 5.32 Å². The lowest BCUT2D eigenvalue weighted by Crippen LogP contribution is -2.76. The van der Waals surface area contributed by atoms with Crippen LogP contribution in [-0.4, -0.2) is 81.1 Å². The largest absolute Gasteiger partial charge is 0.481 e. The molecule has 0 bridgehead atoms. The number of nitrogens with zero attached hydrogens (tertiary/aromatic N) is 4. The number of hydrogen-bond acceptors (Lipinski definition) is 5. The SMILES string of the molecule is CN1CC(=O)N2[C@@H](CC(=O)O)C(=O)N(Cc3cccc(Br)c3)C[C@@H]2N1C(=O)NCc1ccc(F)cc1. The van der Waals surface area contributed by atoms with Gasteiger partial charge in [0.05, 0.1) is 19.5 Å². The van der Waals surface area contributed by atoms with Gasteiger partial charge < -0.3 is 20.2 Å². The van der Waals surface area contributed by atoms with E-state index in [-0.39, 0.29) is 26.2 Å². The molecular formula is C24H25BrFN5O5. The third kappa shape index (κ3) is 5.49. The van der Waals surface area contributed by atoms with Crippen LogP contribution in [0, 0.1) is 5.82 Å². The molecule has 2 aromatic rings. The Kier molecular flexibility index (Phi) is 7.55. The molecular weight excluding hydrogens is 537 g/mol. The summed E-state index contributed by atoms with van der Waals surface area (Å²) >= 11 is 3.40. The van der Waals surface area contributed by atoms with Gasteiger partial charge >= 0.3 is 12.0 Å². The predicted molar refractivity (Wildman–Crippen MR) is 129 cm³/mol. The summed E-state index contributed by atoms with van der Waals surface area (Å²) in [5.74, 6) is -2.54. The van der Waals surface area contributed by atoms with E-state index < -0.39 is 48.3 Å². The standard InChI is InChI=1S/C24H25BrFN5O5/c1-28-14-21(32)30-19(10-22(33)34)23(35)29(12-16-3-2-4-17(25)9-16)13-20(30)31(28)24(36)27-11-15-5-7-18(26)8-6-15/h2-9,19-20H,10-14H2,1H3,(H,27,36)(H,33,34)/t19-,20-/m0/s1. The first kappa shape index (κ1) is 25.6. The maximum Gasteiger partial charge on any atom is 0.334 e. The summed E-state index contributed by atoms with van der Waals surface area (Å²) in [6.07, 6.45) is -1.48. The van der Waals surface area contributed by atoms with Gasteiger partial charge in [-0.15, -0.1) is 0 Å². The van der Waals surface area contributed by atoms with Gasteiger partial charge in [-0.25, -0.2) is 19.2 Å². The summed E-state index contributed by atoms with van der Waals surface area (Å²) in [4.78, 5) is 53.9. The highest BCUT2D eigenvalue weighted by Crippen LogP contribution is 2.28. The molecule has 10 nitrogen and oxygen atoms in total. The number of amides is 4. The number of piperazine rings is 1. The molecule has 2 atom stereocenters. The third-order valence-corrected chi connectivity index (χ3v) is 6.63. The predicted octanol–water partition coefficient (Wildman–Crippen LogP) is 2.00. The van der Waals surface area contributed by atoms with Crippen LogP contribution in [0.15, 0.2) is 53.0 Å².